The lowest BCUT2D eigenvalue weighted by atomic mass is 9.90. The Kier molecular flexibility index (Phi) is 5.60. The molecule has 2 unspecified atom stereocenters. The van der Waals surface area contributed by atoms with Gasteiger partial charge in [0.2, 0.25) is 11.6 Å². The molecule has 4 aromatic rings. The summed E-state index contributed by atoms with van der Waals surface area (Å²) in [6.45, 7) is 4.55. The predicted octanol–water partition coefficient (Wildman–Crippen LogP) is 5.52. The Hall–Kier alpha value is -3.29. The molecule has 2 aromatic heterocycles. The van der Waals surface area contributed by atoms with Crippen LogP contribution in [0.5, 0.6) is 0 Å². The highest BCUT2D eigenvalue weighted by Gasteiger charge is 2.42. The number of rotatable bonds is 5. The maximum atomic E-state index is 13.6. The SMILES string of the molecule is Cc1ccc2c(c1)C(C(=O)c1nnc(-c3ncccn3)o1)C(C)N2Cc1ccc(Cl)cc1Cl. The van der Waals surface area contributed by atoms with Gasteiger partial charge in [-0.15, -0.1) is 10.2 Å². The van der Waals surface area contributed by atoms with E-state index in [2.05, 4.69) is 25.1 Å². The van der Waals surface area contributed by atoms with Crippen molar-refractivity contribution in [3.8, 4) is 11.7 Å². The van der Waals surface area contributed by atoms with Crippen molar-refractivity contribution in [2.24, 2.45) is 0 Å². The molecule has 0 fully saturated rings. The quantitative estimate of drug-likeness (QED) is 0.348. The molecule has 5 rings (SSSR count). The first kappa shape index (κ1) is 21.6. The first-order valence-corrected chi connectivity index (χ1v) is 11.1. The Balaban J connectivity index is 1.50. The Morgan fingerprint density at radius 3 is 2.64 bits per heavy atom. The van der Waals surface area contributed by atoms with Crippen molar-refractivity contribution in [3.05, 3.63) is 87.5 Å². The molecule has 0 saturated carbocycles. The number of aromatic nitrogens is 4. The predicted molar refractivity (Wildman–Crippen MR) is 126 cm³/mol. The summed E-state index contributed by atoms with van der Waals surface area (Å²) < 4.78 is 5.67. The molecule has 0 spiro atoms. The number of benzene rings is 2. The first-order chi connectivity index (χ1) is 15.9. The fourth-order valence-electron chi connectivity index (χ4n) is 4.22. The number of hydrogen-bond donors (Lipinski definition) is 0. The second-order valence-electron chi connectivity index (χ2n) is 7.99. The number of anilines is 1. The van der Waals surface area contributed by atoms with Crippen molar-refractivity contribution in [3.63, 3.8) is 0 Å². The highest BCUT2D eigenvalue weighted by molar-refractivity contribution is 6.35. The molecular formula is C24H19Cl2N5O2. The zero-order chi connectivity index (χ0) is 23.1. The molecule has 2 aromatic carbocycles. The number of ketones is 1. The van der Waals surface area contributed by atoms with Gasteiger partial charge in [0.25, 0.3) is 11.8 Å². The van der Waals surface area contributed by atoms with Crippen molar-refractivity contribution in [1.29, 1.82) is 0 Å². The third-order valence-corrected chi connectivity index (χ3v) is 6.42. The van der Waals surface area contributed by atoms with E-state index in [1.165, 1.54) is 0 Å². The van der Waals surface area contributed by atoms with Gasteiger partial charge in [0, 0.05) is 40.7 Å². The lowest BCUT2D eigenvalue weighted by Crippen LogP contribution is -2.34. The Morgan fingerprint density at radius 1 is 1.09 bits per heavy atom. The molecule has 0 aliphatic carbocycles. The standard InChI is InChI=1S/C24H19Cl2N5O2/c1-13-4-7-19-17(10-13)20(14(2)31(19)12-15-5-6-16(25)11-18(15)26)21(32)23-29-30-24(33-23)22-27-8-3-9-28-22/h3-11,14,20H,12H2,1-2H3. The summed E-state index contributed by atoms with van der Waals surface area (Å²) in [4.78, 5) is 24.0. The molecule has 2 atom stereocenters. The lowest BCUT2D eigenvalue weighted by molar-refractivity contribution is 0.0919. The number of carbonyl (C=O) groups is 1. The summed E-state index contributed by atoms with van der Waals surface area (Å²) in [5, 5.41) is 9.14. The van der Waals surface area contributed by atoms with Crippen molar-refractivity contribution in [2.45, 2.75) is 32.4 Å². The highest BCUT2D eigenvalue weighted by atomic mass is 35.5. The largest absolute Gasteiger partial charge is 0.411 e. The van der Waals surface area contributed by atoms with Crippen LogP contribution in [-0.4, -0.2) is 32.0 Å². The van der Waals surface area contributed by atoms with Crippen LogP contribution in [0.15, 0.2) is 59.3 Å². The molecule has 1 aliphatic heterocycles. The maximum absolute atomic E-state index is 13.6. The molecule has 0 amide bonds. The zero-order valence-corrected chi connectivity index (χ0v) is 19.4. The fraction of sp³-hybridized carbons (Fsp3) is 0.208. The van der Waals surface area contributed by atoms with Crippen LogP contribution in [-0.2, 0) is 6.54 Å². The van der Waals surface area contributed by atoms with Gasteiger partial charge in [-0.1, -0.05) is 47.0 Å². The zero-order valence-electron chi connectivity index (χ0n) is 17.9. The van der Waals surface area contributed by atoms with Gasteiger partial charge in [0.15, 0.2) is 0 Å². The number of Topliss-reactive ketones (excluding diaryl/α,β-unsaturated/α-hetero) is 1. The third kappa shape index (κ3) is 3.98. The molecule has 0 bridgehead atoms. The normalized spacial score (nSPS) is 17.3. The van der Waals surface area contributed by atoms with E-state index in [0.717, 1.165) is 22.4 Å². The van der Waals surface area contributed by atoms with E-state index >= 15 is 0 Å². The van der Waals surface area contributed by atoms with E-state index in [4.69, 9.17) is 27.6 Å². The number of fused-ring (bicyclic) bond motifs is 1. The van der Waals surface area contributed by atoms with Crippen LogP contribution in [0.4, 0.5) is 5.69 Å². The average Bonchev–Trinajstić information content (AvgIpc) is 3.39. The number of hydrogen-bond acceptors (Lipinski definition) is 7. The summed E-state index contributed by atoms with van der Waals surface area (Å²) in [5.41, 5.74) is 3.89. The average molecular weight is 480 g/mol. The van der Waals surface area contributed by atoms with Gasteiger partial charge in [0.1, 0.15) is 0 Å². The van der Waals surface area contributed by atoms with E-state index in [-0.39, 0.29) is 29.4 Å². The van der Waals surface area contributed by atoms with Crippen LogP contribution in [0.1, 0.15) is 40.2 Å². The molecule has 166 valence electrons. The van der Waals surface area contributed by atoms with Gasteiger partial charge in [-0.3, -0.25) is 4.79 Å². The molecule has 9 heteroatoms. The summed E-state index contributed by atoms with van der Waals surface area (Å²) in [6, 6.07) is 13.1. The molecule has 0 N–H and O–H groups in total. The summed E-state index contributed by atoms with van der Waals surface area (Å²) in [7, 11) is 0. The number of nitrogens with zero attached hydrogens (tertiary/aromatic N) is 5. The van der Waals surface area contributed by atoms with Crippen LogP contribution in [0.2, 0.25) is 10.0 Å². The summed E-state index contributed by atoms with van der Waals surface area (Å²) in [5.74, 6) is -0.393. The topological polar surface area (TPSA) is 85.0 Å². The first-order valence-electron chi connectivity index (χ1n) is 10.4. The molecular weight excluding hydrogens is 461 g/mol. The third-order valence-electron chi connectivity index (χ3n) is 5.83. The van der Waals surface area contributed by atoms with Gasteiger partial charge in [0.05, 0.1) is 5.92 Å². The number of carbonyl (C=O) groups excluding carboxylic acids is 1. The van der Waals surface area contributed by atoms with Crippen molar-refractivity contribution in [2.75, 3.05) is 4.90 Å². The van der Waals surface area contributed by atoms with E-state index in [1.54, 1.807) is 24.5 Å². The van der Waals surface area contributed by atoms with Crippen LogP contribution in [0, 0.1) is 6.92 Å². The van der Waals surface area contributed by atoms with Crippen LogP contribution in [0.25, 0.3) is 11.7 Å². The fourth-order valence-corrected chi connectivity index (χ4v) is 4.69. The Morgan fingerprint density at radius 2 is 1.88 bits per heavy atom. The summed E-state index contributed by atoms with van der Waals surface area (Å²) >= 11 is 12.5. The van der Waals surface area contributed by atoms with Gasteiger partial charge in [-0.25, -0.2) is 9.97 Å². The number of aryl methyl sites for hydroxylation is 1. The monoisotopic (exact) mass is 479 g/mol. The molecule has 0 saturated heterocycles. The maximum Gasteiger partial charge on any atom is 0.286 e. The second kappa shape index (κ2) is 8.57. The Labute approximate surface area is 200 Å². The minimum absolute atomic E-state index is 0.0619. The van der Waals surface area contributed by atoms with Crippen molar-refractivity contribution >= 4 is 34.7 Å². The molecule has 1 aliphatic rings. The minimum atomic E-state index is -0.476. The highest BCUT2D eigenvalue weighted by Crippen LogP contribution is 2.44. The molecule has 33 heavy (non-hydrogen) atoms. The van der Waals surface area contributed by atoms with Gasteiger partial charge in [-0.2, -0.15) is 0 Å². The minimum Gasteiger partial charge on any atom is -0.411 e. The Bertz CT molecular complexity index is 1340. The van der Waals surface area contributed by atoms with Crippen LogP contribution in [0.3, 0.4) is 0 Å². The molecule has 3 heterocycles. The smallest absolute Gasteiger partial charge is 0.286 e. The van der Waals surface area contributed by atoms with Gasteiger partial charge in [-0.05, 0) is 49.2 Å². The van der Waals surface area contributed by atoms with Crippen molar-refractivity contribution < 1.29 is 9.21 Å². The van der Waals surface area contributed by atoms with Crippen LogP contribution >= 0.6 is 23.2 Å². The summed E-state index contributed by atoms with van der Waals surface area (Å²) in [6.07, 6.45) is 3.15. The number of halogens is 2. The van der Waals surface area contributed by atoms with E-state index in [0.29, 0.717) is 16.6 Å². The van der Waals surface area contributed by atoms with Gasteiger partial charge < -0.3 is 9.32 Å². The molecule has 7 nitrogen and oxygen atoms in total. The van der Waals surface area contributed by atoms with E-state index < -0.39 is 5.92 Å². The second-order valence-corrected chi connectivity index (χ2v) is 8.84. The van der Waals surface area contributed by atoms with E-state index in [9.17, 15) is 4.79 Å². The molecule has 0 radical (unpaired) electrons. The van der Waals surface area contributed by atoms with Crippen LogP contribution < -0.4 is 4.90 Å². The van der Waals surface area contributed by atoms with Crippen molar-refractivity contribution in [1.82, 2.24) is 20.2 Å². The van der Waals surface area contributed by atoms with Gasteiger partial charge >= 0.3 is 0 Å². The lowest BCUT2D eigenvalue weighted by Gasteiger charge is -2.27. The van der Waals surface area contributed by atoms with E-state index in [1.807, 2.05) is 44.2 Å².